The lowest BCUT2D eigenvalue weighted by atomic mass is 10.1. The summed E-state index contributed by atoms with van der Waals surface area (Å²) in [7, 11) is 0. The van der Waals surface area contributed by atoms with E-state index in [9.17, 15) is 0 Å². The minimum Gasteiger partial charge on any atom is -0.221 e. The lowest BCUT2D eigenvalue weighted by molar-refractivity contribution is 0.713. The number of aromatic nitrogens is 2. The van der Waals surface area contributed by atoms with Crippen molar-refractivity contribution in [3.05, 3.63) is 21.4 Å². The molecule has 2 nitrogen and oxygen atoms in total. The third kappa shape index (κ3) is 2.05. The highest BCUT2D eigenvalue weighted by molar-refractivity contribution is 7.19. The molecule has 3 rings (SSSR count). The van der Waals surface area contributed by atoms with E-state index in [1.54, 1.807) is 11.3 Å². The Morgan fingerprint density at radius 1 is 1.12 bits per heavy atom. The van der Waals surface area contributed by atoms with Crippen LogP contribution in [0.25, 0.3) is 10.2 Å². The normalized spacial score (nSPS) is 15.9. The van der Waals surface area contributed by atoms with E-state index in [1.807, 2.05) is 0 Å². The highest BCUT2D eigenvalue weighted by Crippen LogP contribution is 2.37. The molecular formula is C12H12Cl2N2S. The van der Waals surface area contributed by atoms with Crippen LogP contribution in [0.15, 0.2) is 0 Å². The Kier molecular flexibility index (Phi) is 3.24. The molecule has 0 spiro atoms. The van der Waals surface area contributed by atoms with Gasteiger partial charge in [-0.25, -0.2) is 9.97 Å². The van der Waals surface area contributed by atoms with E-state index < -0.39 is 0 Å². The third-order valence-electron chi connectivity index (χ3n) is 3.19. The molecule has 2 aromatic rings. The molecule has 17 heavy (non-hydrogen) atoms. The number of rotatable bonds is 1. The van der Waals surface area contributed by atoms with E-state index in [4.69, 9.17) is 23.2 Å². The van der Waals surface area contributed by atoms with Gasteiger partial charge in [0, 0.05) is 4.88 Å². The quantitative estimate of drug-likeness (QED) is 0.442. The second-order valence-electron chi connectivity index (χ2n) is 4.31. The summed E-state index contributed by atoms with van der Waals surface area (Å²) in [6.07, 6.45) is 6.09. The number of aryl methyl sites for hydroxylation is 2. The van der Waals surface area contributed by atoms with Crippen LogP contribution in [0.5, 0.6) is 0 Å². The monoisotopic (exact) mass is 286 g/mol. The molecule has 0 saturated heterocycles. The zero-order valence-electron chi connectivity index (χ0n) is 9.30. The third-order valence-corrected chi connectivity index (χ3v) is 4.88. The number of hydrogen-bond acceptors (Lipinski definition) is 3. The Morgan fingerprint density at radius 3 is 2.76 bits per heavy atom. The maximum atomic E-state index is 6.27. The first-order chi connectivity index (χ1) is 8.29. The summed E-state index contributed by atoms with van der Waals surface area (Å²) in [6.45, 7) is 0. The van der Waals surface area contributed by atoms with Crippen LogP contribution in [0.3, 0.4) is 0 Å². The number of hydrogen-bond donors (Lipinski definition) is 0. The molecule has 0 atom stereocenters. The second kappa shape index (κ2) is 4.71. The topological polar surface area (TPSA) is 25.8 Å². The van der Waals surface area contributed by atoms with Gasteiger partial charge in [-0.15, -0.1) is 22.9 Å². The Balaban J connectivity index is 2.24. The molecule has 1 aliphatic rings. The van der Waals surface area contributed by atoms with Crippen molar-refractivity contribution in [2.75, 3.05) is 0 Å². The van der Waals surface area contributed by atoms with E-state index in [-0.39, 0.29) is 0 Å². The van der Waals surface area contributed by atoms with Crippen LogP contribution < -0.4 is 0 Å². The van der Waals surface area contributed by atoms with E-state index in [2.05, 4.69) is 9.97 Å². The van der Waals surface area contributed by atoms with Crippen molar-refractivity contribution in [3.8, 4) is 0 Å². The van der Waals surface area contributed by atoms with Crippen LogP contribution in [-0.4, -0.2) is 9.97 Å². The highest BCUT2D eigenvalue weighted by Gasteiger charge is 2.19. The SMILES string of the molecule is ClCc1nc(Cl)c2c3c(sc2n1)CCCCC3. The molecule has 0 fully saturated rings. The predicted molar refractivity (Wildman–Crippen MR) is 73.2 cm³/mol. The van der Waals surface area contributed by atoms with Gasteiger partial charge in [0.25, 0.3) is 0 Å². The molecule has 0 unspecified atom stereocenters. The molecular weight excluding hydrogens is 275 g/mol. The van der Waals surface area contributed by atoms with Crippen LogP contribution >= 0.6 is 34.5 Å². The largest absolute Gasteiger partial charge is 0.221 e. The van der Waals surface area contributed by atoms with Gasteiger partial charge in [0.1, 0.15) is 15.8 Å². The number of alkyl halides is 1. The number of nitrogens with zero attached hydrogens (tertiary/aromatic N) is 2. The number of halogens is 2. The first-order valence-corrected chi connectivity index (χ1v) is 7.55. The van der Waals surface area contributed by atoms with Crippen LogP contribution in [0.4, 0.5) is 0 Å². The summed E-state index contributed by atoms with van der Waals surface area (Å²) in [5.74, 6) is 0.943. The summed E-state index contributed by atoms with van der Waals surface area (Å²) in [4.78, 5) is 11.2. The molecule has 90 valence electrons. The molecule has 2 aromatic heterocycles. The standard InChI is InChI=1S/C12H12Cl2N2S/c13-6-9-15-11(14)10-7-4-2-1-3-5-8(7)17-12(10)16-9/h1-6H2. The van der Waals surface area contributed by atoms with Crippen LogP contribution in [-0.2, 0) is 18.7 Å². The molecule has 2 heterocycles. The van der Waals surface area contributed by atoms with Gasteiger partial charge in [0.2, 0.25) is 0 Å². The van der Waals surface area contributed by atoms with E-state index in [0.717, 1.165) is 23.1 Å². The van der Waals surface area contributed by atoms with Crippen LogP contribution in [0, 0.1) is 0 Å². The summed E-state index contributed by atoms with van der Waals surface area (Å²) in [6, 6.07) is 0. The fourth-order valence-corrected chi connectivity index (χ4v) is 4.15. The van der Waals surface area contributed by atoms with Crippen molar-refractivity contribution < 1.29 is 0 Å². The Morgan fingerprint density at radius 2 is 1.94 bits per heavy atom. The molecule has 0 amide bonds. The first-order valence-electron chi connectivity index (χ1n) is 5.82. The van der Waals surface area contributed by atoms with Gasteiger partial charge in [0.15, 0.2) is 0 Å². The Labute approximate surface area is 114 Å². The van der Waals surface area contributed by atoms with E-state index >= 15 is 0 Å². The van der Waals surface area contributed by atoms with Gasteiger partial charge < -0.3 is 0 Å². The molecule has 0 aromatic carbocycles. The average molecular weight is 287 g/mol. The van der Waals surface area contributed by atoms with Gasteiger partial charge in [-0.3, -0.25) is 0 Å². The molecule has 0 aliphatic heterocycles. The van der Waals surface area contributed by atoms with E-state index in [0.29, 0.717) is 16.9 Å². The van der Waals surface area contributed by atoms with Gasteiger partial charge in [0.05, 0.1) is 11.3 Å². The minimum atomic E-state index is 0.318. The van der Waals surface area contributed by atoms with Crippen LogP contribution in [0.1, 0.15) is 35.5 Å². The molecule has 0 N–H and O–H groups in total. The van der Waals surface area contributed by atoms with Gasteiger partial charge in [-0.2, -0.15) is 0 Å². The second-order valence-corrected chi connectivity index (χ2v) is 6.02. The van der Waals surface area contributed by atoms with E-state index in [1.165, 1.54) is 29.7 Å². The van der Waals surface area contributed by atoms with Crippen molar-refractivity contribution in [1.29, 1.82) is 0 Å². The van der Waals surface area contributed by atoms with Crippen molar-refractivity contribution in [2.24, 2.45) is 0 Å². The maximum Gasteiger partial charge on any atom is 0.146 e. The lowest BCUT2D eigenvalue weighted by Gasteiger charge is -2.01. The molecule has 0 saturated carbocycles. The fraction of sp³-hybridized carbons (Fsp3) is 0.500. The first kappa shape index (κ1) is 11.7. The van der Waals surface area contributed by atoms with Crippen molar-refractivity contribution >= 4 is 44.8 Å². The summed E-state index contributed by atoms with van der Waals surface area (Å²) in [5, 5.41) is 1.65. The average Bonchev–Trinajstić information content (AvgIpc) is 2.52. The maximum absolute atomic E-state index is 6.27. The lowest BCUT2D eigenvalue weighted by Crippen LogP contribution is -1.93. The zero-order valence-corrected chi connectivity index (χ0v) is 11.6. The summed E-state index contributed by atoms with van der Waals surface area (Å²) >= 11 is 13.8. The van der Waals surface area contributed by atoms with Gasteiger partial charge in [-0.05, 0) is 31.2 Å². The van der Waals surface area contributed by atoms with Crippen molar-refractivity contribution in [3.63, 3.8) is 0 Å². The molecule has 1 aliphatic carbocycles. The predicted octanol–water partition coefficient (Wildman–Crippen LogP) is 4.35. The van der Waals surface area contributed by atoms with Crippen molar-refractivity contribution in [1.82, 2.24) is 9.97 Å². The number of thiophene rings is 1. The Hall–Kier alpha value is -0.380. The summed E-state index contributed by atoms with van der Waals surface area (Å²) in [5.41, 5.74) is 1.38. The molecule has 5 heteroatoms. The van der Waals surface area contributed by atoms with Gasteiger partial charge >= 0.3 is 0 Å². The smallest absolute Gasteiger partial charge is 0.146 e. The fourth-order valence-electron chi connectivity index (χ4n) is 2.39. The molecule has 0 bridgehead atoms. The number of fused-ring (bicyclic) bond motifs is 3. The Bertz CT molecular complexity index is 565. The molecule has 0 radical (unpaired) electrons. The van der Waals surface area contributed by atoms with Crippen molar-refractivity contribution in [2.45, 2.75) is 38.0 Å². The minimum absolute atomic E-state index is 0.318. The zero-order chi connectivity index (χ0) is 11.8. The highest BCUT2D eigenvalue weighted by atomic mass is 35.5. The summed E-state index contributed by atoms with van der Waals surface area (Å²) < 4.78 is 0. The van der Waals surface area contributed by atoms with Crippen LogP contribution in [0.2, 0.25) is 5.15 Å². The van der Waals surface area contributed by atoms with Gasteiger partial charge in [-0.1, -0.05) is 18.0 Å².